The first-order valence-corrected chi connectivity index (χ1v) is 10.2. The Kier molecular flexibility index (Phi) is 6.19. The van der Waals surface area contributed by atoms with Crippen molar-refractivity contribution in [2.24, 2.45) is 5.92 Å². The Morgan fingerprint density at radius 3 is 2.41 bits per heavy atom. The van der Waals surface area contributed by atoms with Gasteiger partial charge in [0.05, 0.1) is 0 Å². The van der Waals surface area contributed by atoms with Crippen LogP contribution in [-0.2, 0) is 0 Å². The molecule has 0 spiro atoms. The number of anilines is 4. The van der Waals surface area contributed by atoms with Crippen LogP contribution in [0.4, 0.5) is 23.1 Å². The first-order valence-electron chi connectivity index (χ1n) is 10.2. The average molecular weight is 368 g/mol. The van der Waals surface area contributed by atoms with Crippen molar-refractivity contribution in [3.63, 3.8) is 0 Å². The van der Waals surface area contributed by atoms with Gasteiger partial charge in [-0.2, -0.15) is 4.98 Å². The standard InChI is InChI=1S/C22H33N5/c1-6-26(7-2)19-8-9-20(17(4)14-19)24-21-15-18(5)23-22(25-21)27-12-10-16(3)11-13-27/h8-9,14-16H,6-7,10-13H2,1-5H3,(H,23,24,25). The van der Waals surface area contributed by atoms with E-state index < -0.39 is 0 Å². The van der Waals surface area contributed by atoms with E-state index in [-0.39, 0.29) is 0 Å². The van der Waals surface area contributed by atoms with Crippen LogP contribution in [0.3, 0.4) is 0 Å². The summed E-state index contributed by atoms with van der Waals surface area (Å²) in [5.41, 5.74) is 4.59. The molecule has 5 heteroatoms. The van der Waals surface area contributed by atoms with Crippen molar-refractivity contribution < 1.29 is 0 Å². The highest BCUT2D eigenvalue weighted by Gasteiger charge is 2.19. The van der Waals surface area contributed by atoms with Crippen molar-refractivity contribution in [3.05, 3.63) is 35.5 Å². The smallest absolute Gasteiger partial charge is 0.227 e. The summed E-state index contributed by atoms with van der Waals surface area (Å²) in [6, 6.07) is 8.61. The molecule has 0 saturated carbocycles. The first-order chi connectivity index (χ1) is 13.0. The minimum Gasteiger partial charge on any atom is -0.372 e. The van der Waals surface area contributed by atoms with Crippen LogP contribution in [0.2, 0.25) is 0 Å². The lowest BCUT2D eigenvalue weighted by atomic mass is 10.00. The quantitative estimate of drug-likeness (QED) is 0.785. The summed E-state index contributed by atoms with van der Waals surface area (Å²) >= 11 is 0. The molecule has 2 heterocycles. The molecular weight excluding hydrogens is 334 g/mol. The van der Waals surface area contributed by atoms with E-state index in [9.17, 15) is 0 Å². The van der Waals surface area contributed by atoms with E-state index in [1.807, 2.05) is 13.0 Å². The third-order valence-corrected chi connectivity index (χ3v) is 5.51. The second kappa shape index (κ2) is 8.59. The zero-order chi connectivity index (χ0) is 19.4. The van der Waals surface area contributed by atoms with Crippen LogP contribution in [0, 0.1) is 19.8 Å². The molecule has 0 radical (unpaired) electrons. The predicted molar refractivity (Wildman–Crippen MR) is 115 cm³/mol. The van der Waals surface area contributed by atoms with Crippen molar-refractivity contribution >= 4 is 23.1 Å². The number of nitrogens with zero attached hydrogens (tertiary/aromatic N) is 4. The number of hydrogen-bond donors (Lipinski definition) is 1. The van der Waals surface area contributed by atoms with Crippen LogP contribution in [-0.4, -0.2) is 36.1 Å². The maximum atomic E-state index is 4.80. The minimum absolute atomic E-state index is 0.802. The molecule has 1 N–H and O–H groups in total. The van der Waals surface area contributed by atoms with Gasteiger partial charge in [0, 0.05) is 49.3 Å². The fourth-order valence-electron chi connectivity index (χ4n) is 3.68. The van der Waals surface area contributed by atoms with Gasteiger partial charge >= 0.3 is 0 Å². The molecule has 27 heavy (non-hydrogen) atoms. The molecule has 1 aliphatic heterocycles. The summed E-state index contributed by atoms with van der Waals surface area (Å²) in [5, 5.41) is 3.51. The van der Waals surface area contributed by atoms with Gasteiger partial charge in [-0.05, 0) is 70.2 Å². The second-order valence-electron chi connectivity index (χ2n) is 7.66. The highest BCUT2D eigenvalue weighted by atomic mass is 15.3. The Morgan fingerprint density at radius 2 is 1.78 bits per heavy atom. The normalized spacial score (nSPS) is 15.1. The molecule has 5 nitrogen and oxygen atoms in total. The maximum Gasteiger partial charge on any atom is 0.227 e. The van der Waals surface area contributed by atoms with Crippen molar-refractivity contribution in [2.45, 2.75) is 47.5 Å². The summed E-state index contributed by atoms with van der Waals surface area (Å²) < 4.78 is 0. The van der Waals surface area contributed by atoms with Crippen molar-refractivity contribution in [3.8, 4) is 0 Å². The van der Waals surface area contributed by atoms with Gasteiger partial charge in [0.25, 0.3) is 0 Å². The van der Waals surface area contributed by atoms with Crippen LogP contribution in [0.1, 0.15) is 44.9 Å². The minimum atomic E-state index is 0.802. The molecule has 1 fully saturated rings. The lowest BCUT2D eigenvalue weighted by Gasteiger charge is -2.30. The summed E-state index contributed by atoms with van der Waals surface area (Å²) in [7, 11) is 0. The maximum absolute atomic E-state index is 4.80. The Morgan fingerprint density at radius 1 is 1.07 bits per heavy atom. The number of rotatable bonds is 6. The van der Waals surface area contributed by atoms with Gasteiger partial charge in [-0.1, -0.05) is 6.92 Å². The molecule has 0 bridgehead atoms. The highest BCUT2D eigenvalue weighted by Crippen LogP contribution is 2.27. The molecule has 1 aliphatic rings. The number of aromatic nitrogens is 2. The van der Waals surface area contributed by atoms with Crippen molar-refractivity contribution in [1.82, 2.24) is 9.97 Å². The van der Waals surface area contributed by atoms with Gasteiger partial charge in [-0.3, -0.25) is 0 Å². The van der Waals surface area contributed by atoms with E-state index in [0.29, 0.717) is 0 Å². The van der Waals surface area contributed by atoms with E-state index in [1.165, 1.54) is 24.1 Å². The molecular formula is C22H33N5. The Labute approximate surface area is 163 Å². The fraction of sp³-hybridized carbons (Fsp3) is 0.545. The van der Waals surface area contributed by atoms with Gasteiger partial charge in [-0.15, -0.1) is 0 Å². The molecule has 0 unspecified atom stereocenters. The van der Waals surface area contributed by atoms with Gasteiger partial charge in [0.2, 0.25) is 5.95 Å². The number of benzene rings is 1. The molecule has 0 aliphatic carbocycles. The largest absolute Gasteiger partial charge is 0.372 e. The van der Waals surface area contributed by atoms with Crippen LogP contribution < -0.4 is 15.1 Å². The number of aryl methyl sites for hydroxylation is 2. The van der Waals surface area contributed by atoms with Crippen LogP contribution in [0.25, 0.3) is 0 Å². The van der Waals surface area contributed by atoms with Gasteiger partial charge in [0.15, 0.2) is 0 Å². The zero-order valence-corrected chi connectivity index (χ0v) is 17.4. The molecule has 146 valence electrons. The predicted octanol–water partition coefficient (Wildman–Crippen LogP) is 4.92. The lowest BCUT2D eigenvalue weighted by Crippen LogP contribution is -2.34. The Balaban J connectivity index is 1.79. The van der Waals surface area contributed by atoms with E-state index >= 15 is 0 Å². The van der Waals surface area contributed by atoms with E-state index in [0.717, 1.165) is 55.2 Å². The molecule has 1 saturated heterocycles. The summed E-state index contributed by atoms with van der Waals surface area (Å²) in [6.07, 6.45) is 2.43. The van der Waals surface area contributed by atoms with Gasteiger partial charge in [-0.25, -0.2) is 4.98 Å². The van der Waals surface area contributed by atoms with Crippen LogP contribution in [0.15, 0.2) is 24.3 Å². The van der Waals surface area contributed by atoms with E-state index in [2.05, 4.69) is 66.0 Å². The SMILES string of the molecule is CCN(CC)c1ccc(Nc2cc(C)nc(N3CCC(C)CC3)n2)c(C)c1. The summed E-state index contributed by atoms with van der Waals surface area (Å²) in [4.78, 5) is 14.2. The first kappa shape index (κ1) is 19.5. The third kappa shape index (κ3) is 4.71. The van der Waals surface area contributed by atoms with Gasteiger partial charge < -0.3 is 15.1 Å². The van der Waals surface area contributed by atoms with Crippen LogP contribution >= 0.6 is 0 Å². The number of nitrogens with one attached hydrogen (secondary N) is 1. The van der Waals surface area contributed by atoms with E-state index in [1.54, 1.807) is 0 Å². The number of hydrogen-bond acceptors (Lipinski definition) is 5. The molecule has 2 aromatic rings. The Hall–Kier alpha value is -2.30. The van der Waals surface area contributed by atoms with Gasteiger partial charge in [0.1, 0.15) is 5.82 Å². The Bertz CT molecular complexity index is 761. The van der Waals surface area contributed by atoms with Crippen LogP contribution in [0.5, 0.6) is 0 Å². The summed E-state index contributed by atoms with van der Waals surface area (Å²) in [5.74, 6) is 2.52. The lowest BCUT2D eigenvalue weighted by molar-refractivity contribution is 0.434. The molecule has 1 aromatic carbocycles. The average Bonchev–Trinajstić information content (AvgIpc) is 2.65. The summed E-state index contributed by atoms with van der Waals surface area (Å²) in [6.45, 7) is 15.0. The molecule has 3 rings (SSSR count). The highest BCUT2D eigenvalue weighted by molar-refractivity contribution is 5.66. The molecule has 0 amide bonds. The monoisotopic (exact) mass is 367 g/mol. The van der Waals surface area contributed by atoms with E-state index in [4.69, 9.17) is 4.98 Å². The fourth-order valence-corrected chi connectivity index (χ4v) is 3.68. The molecule has 1 aromatic heterocycles. The third-order valence-electron chi connectivity index (χ3n) is 5.51. The second-order valence-corrected chi connectivity index (χ2v) is 7.66. The molecule has 0 atom stereocenters. The van der Waals surface area contributed by atoms with Crippen molar-refractivity contribution in [1.29, 1.82) is 0 Å². The topological polar surface area (TPSA) is 44.3 Å². The zero-order valence-electron chi connectivity index (χ0n) is 17.4. The number of piperidine rings is 1. The van der Waals surface area contributed by atoms with Crippen molar-refractivity contribution in [2.75, 3.05) is 41.3 Å².